The summed E-state index contributed by atoms with van der Waals surface area (Å²) in [4.78, 5) is 15.8. The summed E-state index contributed by atoms with van der Waals surface area (Å²) in [5.41, 5.74) is 12.1. The van der Waals surface area contributed by atoms with Crippen molar-refractivity contribution in [2.45, 2.75) is 44.1 Å². The molecule has 1 N–H and O–H groups in total. The average Bonchev–Trinajstić information content (AvgIpc) is 2.90. The predicted molar refractivity (Wildman–Crippen MR) is 131 cm³/mol. The van der Waals surface area contributed by atoms with Crippen molar-refractivity contribution >= 4 is 5.91 Å². The Labute approximate surface area is 204 Å². The van der Waals surface area contributed by atoms with Crippen molar-refractivity contribution < 1.29 is 19.0 Å². The second-order valence-electron chi connectivity index (χ2n) is 8.29. The maximum atomic E-state index is 12.9. The number of rotatable bonds is 11. The van der Waals surface area contributed by atoms with Crippen LogP contribution in [0.5, 0.6) is 0 Å². The van der Waals surface area contributed by atoms with Gasteiger partial charge < -0.3 is 19.5 Å². The molecule has 0 spiro atoms. The van der Waals surface area contributed by atoms with Gasteiger partial charge >= 0.3 is 0 Å². The largest absolute Gasteiger partial charge is 0.375 e. The summed E-state index contributed by atoms with van der Waals surface area (Å²) in [5.74, 6) is -0.409. The van der Waals surface area contributed by atoms with Crippen LogP contribution in [0.25, 0.3) is 10.4 Å². The molecule has 0 aromatic heterocycles. The molecule has 0 saturated carbocycles. The van der Waals surface area contributed by atoms with Gasteiger partial charge in [-0.25, -0.2) is 0 Å². The molecule has 4 rings (SSSR count). The van der Waals surface area contributed by atoms with E-state index in [1.807, 2.05) is 91.0 Å². The molecule has 0 bridgehead atoms. The molecule has 1 amide bonds. The summed E-state index contributed by atoms with van der Waals surface area (Å²) in [5, 5.41) is 6.67. The standard InChI is InChI=1S/C27H28N4O4/c28-31-30-24-26(35-18-22-14-8-3-9-15-22)25(34-17-21-12-6-2-7-13-21)23(29-27(24)32)19-33-16-20-10-4-1-5-11-20/h1-15,23-26H,16-19H2,(H,29,32)/t23-,24-,25-,26-/m1/s1. The van der Waals surface area contributed by atoms with Gasteiger partial charge in [0, 0.05) is 4.91 Å². The number of hydrogen-bond acceptors (Lipinski definition) is 5. The van der Waals surface area contributed by atoms with E-state index in [1.54, 1.807) is 0 Å². The second-order valence-corrected chi connectivity index (χ2v) is 8.29. The molecule has 8 heteroatoms. The molecule has 3 aromatic rings. The third-order valence-electron chi connectivity index (χ3n) is 5.78. The van der Waals surface area contributed by atoms with Crippen molar-refractivity contribution in [2.75, 3.05) is 6.61 Å². The van der Waals surface area contributed by atoms with Crippen LogP contribution in [0.1, 0.15) is 16.7 Å². The molecule has 0 radical (unpaired) electrons. The molecule has 0 unspecified atom stereocenters. The van der Waals surface area contributed by atoms with Crippen LogP contribution < -0.4 is 5.32 Å². The summed E-state index contributed by atoms with van der Waals surface area (Å²) in [6, 6.07) is 27.6. The number of carbonyl (C=O) groups is 1. The normalized spacial score (nSPS) is 21.7. The van der Waals surface area contributed by atoms with E-state index in [0.717, 1.165) is 16.7 Å². The summed E-state index contributed by atoms with van der Waals surface area (Å²) < 4.78 is 18.4. The van der Waals surface area contributed by atoms with Gasteiger partial charge in [0.2, 0.25) is 5.91 Å². The Morgan fingerprint density at radius 1 is 0.743 bits per heavy atom. The van der Waals surface area contributed by atoms with E-state index in [9.17, 15) is 4.79 Å². The lowest BCUT2D eigenvalue weighted by molar-refractivity contribution is -0.157. The average molecular weight is 473 g/mol. The third kappa shape index (κ3) is 6.91. The van der Waals surface area contributed by atoms with Crippen molar-refractivity contribution in [1.82, 2.24) is 5.32 Å². The van der Waals surface area contributed by atoms with Gasteiger partial charge in [0.15, 0.2) is 0 Å². The van der Waals surface area contributed by atoms with E-state index in [-0.39, 0.29) is 13.2 Å². The third-order valence-corrected chi connectivity index (χ3v) is 5.78. The minimum Gasteiger partial charge on any atom is -0.375 e. The van der Waals surface area contributed by atoms with E-state index in [4.69, 9.17) is 19.7 Å². The van der Waals surface area contributed by atoms with Crippen LogP contribution in [0.4, 0.5) is 0 Å². The van der Waals surface area contributed by atoms with Crippen molar-refractivity contribution in [3.05, 3.63) is 118 Å². The van der Waals surface area contributed by atoms with Gasteiger partial charge in [-0.3, -0.25) is 4.79 Å². The first-order valence-electron chi connectivity index (χ1n) is 11.5. The zero-order chi connectivity index (χ0) is 24.3. The molecular formula is C27H28N4O4. The number of ether oxygens (including phenoxy) is 3. The molecule has 0 aliphatic carbocycles. The van der Waals surface area contributed by atoms with Crippen LogP contribution in [0.3, 0.4) is 0 Å². The number of benzene rings is 3. The molecule has 35 heavy (non-hydrogen) atoms. The maximum Gasteiger partial charge on any atom is 0.232 e. The lowest BCUT2D eigenvalue weighted by atomic mass is 9.93. The number of hydrogen-bond donors (Lipinski definition) is 1. The first-order chi connectivity index (χ1) is 17.2. The highest BCUT2D eigenvalue weighted by molar-refractivity contribution is 5.84. The van der Waals surface area contributed by atoms with E-state index in [0.29, 0.717) is 13.2 Å². The van der Waals surface area contributed by atoms with Crippen molar-refractivity contribution in [2.24, 2.45) is 5.11 Å². The number of nitrogens with one attached hydrogen (secondary N) is 1. The van der Waals surface area contributed by atoms with E-state index >= 15 is 0 Å². The molecule has 3 aromatic carbocycles. The van der Waals surface area contributed by atoms with Crippen LogP contribution in [0.15, 0.2) is 96.1 Å². The molecule has 8 nitrogen and oxygen atoms in total. The summed E-state index contributed by atoms with van der Waals surface area (Å²) in [7, 11) is 0. The number of amides is 1. The predicted octanol–water partition coefficient (Wildman–Crippen LogP) is 4.55. The summed E-state index contributed by atoms with van der Waals surface area (Å²) in [6.45, 7) is 1.17. The van der Waals surface area contributed by atoms with Crippen LogP contribution in [0, 0.1) is 0 Å². The number of nitrogens with zero attached hydrogens (tertiary/aromatic N) is 3. The highest BCUT2D eigenvalue weighted by atomic mass is 16.5. The zero-order valence-electron chi connectivity index (χ0n) is 19.3. The lowest BCUT2D eigenvalue weighted by Crippen LogP contribution is -2.64. The van der Waals surface area contributed by atoms with Crippen LogP contribution in [-0.2, 0) is 38.8 Å². The second kappa shape index (κ2) is 12.7. The molecule has 1 aliphatic rings. The minimum atomic E-state index is -1.06. The molecule has 1 saturated heterocycles. The van der Waals surface area contributed by atoms with Crippen molar-refractivity contribution in [3.8, 4) is 0 Å². The van der Waals surface area contributed by atoms with Crippen LogP contribution in [-0.4, -0.2) is 36.8 Å². The highest BCUT2D eigenvalue weighted by Gasteiger charge is 2.45. The maximum absolute atomic E-state index is 12.9. The molecule has 1 aliphatic heterocycles. The fourth-order valence-corrected chi connectivity index (χ4v) is 4.03. The summed E-state index contributed by atoms with van der Waals surface area (Å²) in [6.07, 6.45) is -1.38. The number of carbonyl (C=O) groups excluding carboxylic acids is 1. The van der Waals surface area contributed by atoms with E-state index < -0.39 is 30.2 Å². The molecular weight excluding hydrogens is 444 g/mol. The van der Waals surface area contributed by atoms with Crippen molar-refractivity contribution in [3.63, 3.8) is 0 Å². The Balaban J connectivity index is 1.53. The van der Waals surface area contributed by atoms with Gasteiger partial charge in [-0.05, 0) is 22.2 Å². The fraction of sp³-hybridized carbons (Fsp3) is 0.296. The summed E-state index contributed by atoms with van der Waals surface area (Å²) >= 11 is 0. The zero-order valence-corrected chi connectivity index (χ0v) is 19.3. The smallest absolute Gasteiger partial charge is 0.232 e. The van der Waals surface area contributed by atoms with Gasteiger partial charge in [0.1, 0.15) is 18.2 Å². The highest BCUT2D eigenvalue weighted by Crippen LogP contribution is 2.24. The first kappa shape index (κ1) is 24.4. The Morgan fingerprint density at radius 3 is 1.74 bits per heavy atom. The van der Waals surface area contributed by atoms with Crippen LogP contribution >= 0.6 is 0 Å². The minimum absolute atomic E-state index is 0.217. The number of piperidine rings is 1. The van der Waals surface area contributed by atoms with Crippen molar-refractivity contribution in [1.29, 1.82) is 0 Å². The van der Waals surface area contributed by atoms with Gasteiger partial charge in [-0.15, -0.1) is 0 Å². The van der Waals surface area contributed by atoms with Gasteiger partial charge in [0.25, 0.3) is 0 Å². The monoisotopic (exact) mass is 472 g/mol. The molecule has 1 fully saturated rings. The topological polar surface area (TPSA) is 106 Å². The fourth-order valence-electron chi connectivity index (χ4n) is 4.03. The van der Waals surface area contributed by atoms with Gasteiger partial charge in [0.05, 0.1) is 32.5 Å². The number of azide groups is 1. The molecule has 4 atom stereocenters. The Hall–Kier alpha value is -3.68. The molecule has 180 valence electrons. The first-order valence-corrected chi connectivity index (χ1v) is 11.5. The Kier molecular flexibility index (Phi) is 8.86. The van der Waals surface area contributed by atoms with E-state index in [2.05, 4.69) is 15.3 Å². The van der Waals surface area contributed by atoms with Gasteiger partial charge in [-0.2, -0.15) is 0 Å². The SMILES string of the molecule is [N-]=[N+]=N[C@H]1C(=O)N[C@H](COCc2ccccc2)[C@@H](OCc2ccccc2)[C@@H]1OCc1ccccc1. The quantitative estimate of drug-likeness (QED) is 0.251. The Morgan fingerprint density at radius 2 is 1.23 bits per heavy atom. The van der Waals surface area contributed by atoms with Gasteiger partial charge in [-0.1, -0.05) is 96.1 Å². The van der Waals surface area contributed by atoms with E-state index in [1.165, 1.54) is 0 Å². The molecule has 1 heterocycles. The lowest BCUT2D eigenvalue weighted by Gasteiger charge is -2.41. The van der Waals surface area contributed by atoms with Crippen LogP contribution in [0.2, 0.25) is 0 Å². The Bertz CT molecular complexity index is 1110.